The largest absolute Gasteiger partial charge is 0.377 e. The van der Waals surface area contributed by atoms with Gasteiger partial charge >= 0.3 is 0 Å². The number of halogens is 1. The Bertz CT molecular complexity index is 329. The van der Waals surface area contributed by atoms with E-state index >= 15 is 0 Å². The molecule has 1 unspecified atom stereocenters. The molecule has 1 atom stereocenters. The van der Waals surface area contributed by atoms with Crippen LogP contribution >= 0.6 is 27.3 Å². The molecule has 3 nitrogen and oxygen atoms in total. The monoisotopic (exact) mass is 303 g/mol. The highest BCUT2D eigenvalue weighted by Crippen LogP contribution is 2.24. The summed E-state index contributed by atoms with van der Waals surface area (Å²) in [5.41, 5.74) is 0. The lowest BCUT2D eigenvalue weighted by Gasteiger charge is -2.30. The lowest BCUT2D eigenvalue weighted by Crippen LogP contribution is -2.49. The summed E-state index contributed by atoms with van der Waals surface area (Å²) in [5, 5.41) is 10.4. The van der Waals surface area contributed by atoms with Gasteiger partial charge in [-0.15, -0.1) is 11.3 Å². The number of hydrogen-bond donors (Lipinski definition) is 2. The molecular weight excluding hydrogens is 286 g/mol. The van der Waals surface area contributed by atoms with E-state index in [9.17, 15) is 0 Å². The Hall–Kier alpha value is -0.100. The van der Waals surface area contributed by atoms with Crippen molar-refractivity contribution in [1.29, 1.82) is 0 Å². The van der Waals surface area contributed by atoms with Gasteiger partial charge in [0.1, 0.15) is 0 Å². The third-order valence-corrected chi connectivity index (χ3v) is 4.47. The zero-order valence-electron chi connectivity index (χ0n) is 9.50. The van der Waals surface area contributed by atoms with Crippen molar-refractivity contribution in [2.24, 2.45) is 0 Å². The number of nitrogens with one attached hydrogen (secondary N) is 2. The molecule has 0 radical (unpaired) electrons. The molecule has 1 aromatic rings. The second kappa shape index (κ2) is 6.00. The molecule has 0 aliphatic carbocycles. The van der Waals surface area contributed by atoms with Gasteiger partial charge < -0.3 is 15.5 Å². The summed E-state index contributed by atoms with van der Waals surface area (Å²) in [6.07, 6.45) is 1.18. The third-order valence-electron chi connectivity index (χ3n) is 2.82. The van der Waals surface area contributed by atoms with Crippen LogP contribution in [0.3, 0.4) is 0 Å². The van der Waals surface area contributed by atoms with Crippen molar-refractivity contribution in [3.63, 3.8) is 0 Å². The molecule has 2 heterocycles. The van der Waals surface area contributed by atoms with Crippen LogP contribution in [0.25, 0.3) is 0 Å². The standard InChI is InChI=1S/C11H18BrN3S/c1-15-5-4-13-10(7-15)2-3-14-11-6-9(12)8-16-11/h6,8,10,13-14H,2-5,7H2,1H3. The van der Waals surface area contributed by atoms with Gasteiger partial charge in [0.2, 0.25) is 0 Å². The number of rotatable bonds is 4. The number of likely N-dealkylation sites (N-methyl/N-ethyl adjacent to an activating group) is 1. The van der Waals surface area contributed by atoms with E-state index in [-0.39, 0.29) is 0 Å². The van der Waals surface area contributed by atoms with E-state index < -0.39 is 0 Å². The second-order valence-corrected chi connectivity index (χ2v) is 6.08. The van der Waals surface area contributed by atoms with E-state index in [2.05, 4.69) is 50.0 Å². The molecule has 0 saturated carbocycles. The highest BCUT2D eigenvalue weighted by Gasteiger charge is 2.15. The van der Waals surface area contributed by atoms with Gasteiger partial charge in [-0.3, -0.25) is 0 Å². The molecule has 90 valence electrons. The normalized spacial score (nSPS) is 22.2. The fourth-order valence-electron chi connectivity index (χ4n) is 1.96. The molecule has 16 heavy (non-hydrogen) atoms. The average Bonchev–Trinajstić information content (AvgIpc) is 2.64. The minimum Gasteiger partial charge on any atom is -0.377 e. The van der Waals surface area contributed by atoms with Gasteiger partial charge in [0.15, 0.2) is 0 Å². The number of piperazine rings is 1. The quantitative estimate of drug-likeness (QED) is 0.893. The molecule has 1 aliphatic heterocycles. The lowest BCUT2D eigenvalue weighted by atomic mass is 10.1. The van der Waals surface area contributed by atoms with Crippen LogP contribution in [0.5, 0.6) is 0 Å². The number of anilines is 1. The van der Waals surface area contributed by atoms with E-state index in [1.807, 2.05) is 0 Å². The van der Waals surface area contributed by atoms with Gasteiger partial charge in [-0.2, -0.15) is 0 Å². The maximum atomic E-state index is 3.55. The molecule has 1 fully saturated rings. The topological polar surface area (TPSA) is 27.3 Å². The molecule has 1 aromatic heterocycles. The summed E-state index contributed by atoms with van der Waals surface area (Å²) in [7, 11) is 2.19. The van der Waals surface area contributed by atoms with E-state index in [0.29, 0.717) is 6.04 Å². The fourth-order valence-corrected chi connectivity index (χ4v) is 3.31. The average molecular weight is 304 g/mol. The van der Waals surface area contributed by atoms with E-state index in [0.717, 1.165) is 24.1 Å². The third kappa shape index (κ3) is 3.73. The molecule has 2 N–H and O–H groups in total. The van der Waals surface area contributed by atoms with Crippen molar-refractivity contribution in [2.75, 3.05) is 38.5 Å². The van der Waals surface area contributed by atoms with Gasteiger partial charge in [0.25, 0.3) is 0 Å². The smallest absolute Gasteiger partial charge is 0.0894 e. The Labute approximate surface area is 109 Å². The first-order valence-electron chi connectivity index (χ1n) is 5.64. The molecule has 0 spiro atoms. The van der Waals surface area contributed by atoms with Gasteiger partial charge in [-0.05, 0) is 35.5 Å². The van der Waals surface area contributed by atoms with Crippen molar-refractivity contribution in [3.05, 3.63) is 15.9 Å². The van der Waals surface area contributed by atoms with Crippen LogP contribution in [-0.2, 0) is 0 Å². The van der Waals surface area contributed by atoms with Crippen LogP contribution in [0.4, 0.5) is 5.00 Å². The van der Waals surface area contributed by atoms with E-state index in [1.165, 1.54) is 18.0 Å². The van der Waals surface area contributed by atoms with Crippen molar-refractivity contribution >= 4 is 32.3 Å². The molecule has 0 bridgehead atoms. The Balaban J connectivity index is 1.67. The fraction of sp³-hybridized carbons (Fsp3) is 0.636. The molecule has 5 heteroatoms. The zero-order chi connectivity index (χ0) is 11.4. The van der Waals surface area contributed by atoms with Gasteiger partial charge in [0, 0.05) is 42.1 Å². The van der Waals surface area contributed by atoms with Gasteiger partial charge in [-0.1, -0.05) is 0 Å². The summed E-state index contributed by atoms with van der Waals surface area (Å²) < 4.78 is 1.16. The van der Waals surface area contributed by atoms with Gasteiger partial charge in [-0.25, -0.2) is 0 Å². The predicted molar refractivity (Wildman–Crippen MR) is 74.4 cm³/mol. The number of thiophene rings is 1. The SMILES string of the molecule is CN1CCNC(CCNc2cc(Br)cs2)C1. The number of hydrogen-bond acceptors (Lipinski definition) is 4. The highest BCUT2D eigenvalue weighted by atomic mass is 79.9. The van der Waals surface area contributed by atoms with Crippen molar-refractivity contribution in [3.8, 4) is 0 Å². The summed E-state index contributed by atoms with van der Waals surface area (Å²) in [6, 6.07) is 2.76. The maximum Gasteiger partial charge on any atom is 0.0894 e. The molecule has 0 amide bonds. The van der Waals surface area contributed by atoms with Crippen LogP contribution in [0, 0.1) is 0 Å². The Morgan fingerprint density at radius 3 is 3.25 bits per heavy atom. The van der Waals surface area contributed by atoms with Crippen molar-refractivity contribution in [2.45, 2.75) is 12.5 Å². The molecule has 2 rings (SSSR count). The van der Waals surface area contributed by atoms with Crippen LogP contribution in [0.1, 0.15) is 6.42 Å². The summed E-state index contributed by atoms with van der Waals surface area (Å²) in [5.74, 6) is 0. The first kappa shape index (κ1) is 12.4. The van der Waals surface area contributed by atoms with Crippen LogP contribution in [0.15, 0.2) is 15.9 Å². The Kier molecular flexibility index (Phi) is 4.64. The summed E-state index contributed by atoms with van der Waals surface area (Å²) in [4.78, 5) is 2.39. The first-order valence-corrected chi connectivity index (χ1v) is 7.31. The molecule has 1 aliphatic rings. The van der Waals surface area contributed by atoms with Crippen molar-refractivity contribution < 1.29 is 0 Å². The van der Waals surface area contributed by atoms with Crippen molar-refractivity contribution in [1.82, 2.24) is 10.2 Å². The lowest BCUT2D eigenvalue weighted by molar-refractivity contribution is 0.234. The minimum atomic E-state index is 0.634. The van der Waals surface area contributed by atoms with Crippen LogP contribution < -0.4 is 10.6 Å². The first-order chi connectivity index (χ1) is 7.74. The van der Waals surface area contributed by atoms with Crippen LogP contribution in [0.2, 0.25) is 0 Å². The Morgan fingerprint density at radius 1 is 1.69 bits per heavy atom. The maximum absolute atomic E-state index is 3.55. The number of nitrogens with zero attached hydrogens (tertiary/aromatic N) is 1. The predicted octanol–water partition coefficient (Wildman–Crippen LogP) is 2.22. The van der Waals surface area contributed by atoms with Gasteiger partial charge in [0.05, 0.1) is 5.00 Å². The highest BCUT2D eigenvalue weighted by molar-refractivity contribution is 9.10. The Morgan fingerprint density at radius 2 is 2.56 bits per heavy atom. The molecule has 0 aromatic carbocycles. The van der Waals surface area contributed by atoms with E-state index in [4.69, 9.17) is 0 Å². The van der Waals surface area contributed by atoms with Crippen LogP contribution in [-0.4, -0.2) is 44.2 Å². The minimum absolute atomic E-state index is 0.634. The summed E-state index contributed by atoms with van der Waals surface area (Å²) in [6.45, 7) is 4.49. The summed E-state index contributed by atoms with van der Waals surface area (Å²) >= 11 is 5.21. The second-order valence-electron chi connectivity index (χ2n) is 4.26. The zero-order valence-corrected chi connectivity index (χ0v) is 11.9. The molecule has 1 saturated heterocycles. The van der Waals surface area contributed by atoms with E-state index in [1.54, 1.807) is 11.3 Å². The molecular formula is C11H18BrN3S.